The third kappa shape index (κ3) is 3.98. The number of pyridine rings is 1. The van der Waals surface area contributed by atoms with E-state index in [0.717, 1.165) is 28.9 Å². The number of imidazole rings is 1. The van der Waals surface area contributed by atoms with E-state index < -0.39 is 17.6 Å². The molecule has 2 aromatic heterocycles. The predicted octanol–water partition coefficient (Wildman–Crippen LogP) is 5.66. The lowest BCUT2D eigenvalue weighted by molar-refractivity contribution is -0.137. The number of halogens is 3. The van der Waals surface area contributed by atoms with Crippen molar-refractivity contribution in [1.82, 2.24) is 9.38 Å². The highest BCUT2D eigenvalue weighted by atomic mass is 19.4. The second-order valence-electron chi connectivity index (χ2n) is 6.80. The number of carbonyl (C=O) groups excluding carboxylic acids is 1. The molecule has 30 heavy (non-hydrogen) atoms. The molecule has 0 saturated carbocycles. The average molecular weight is 410 g/mol. The van der Waals surface area contributed by atoms with Crippen molar-refractivity contribution in [3.8, 4) is 0 Å². The van der Waals surface area contributed by atoms with E-state index in [-0.39, 0.29) is 5.69 Å². The maximum atomic E-state index is 12.9. The Morgan fingerprint density at radius 2 is 1.87 bits per heavy atom. The SMILES string of the molecule is Cc1ccc(C(=O)Nc2cccc(C(F)(F)F)c2)cc1Nc1cccn2cncc12. The summed E-state index contributed by atoms with van der Waals surface area (Å²) in [5.74, 6) is -0.500. The molecule has 0 atom stereocenters. The van der Waals surface area contributed by atoms with Crippen LogP contribution in [-0.2, 0) is 6.18 Å². The van der Waals surface area contributed by atoms with Gasteiger partial charge in [0.1, 0.15) is 0 Å². The van der Waals surface area contributed by atoms with Crippen molar-refractivity contribution in [1.29, 1.82) is 0 Å². The van der Waals surface area contributed by atoms with E-state index in [0.29, 0.717) is 11.3 Å². The van der Waals surface area contributed by atoms with Crippen molar-refractivity contribution in [2.45, 2.75) is 13.1 Å². The summed E-state index contributed by atoms with van der Waals surface area (Å²) in [6, 6.07) is 13.4. The highest BCUT2D eigenvalue weighted by molar-refractivity contribution is 6.05. The molecule has 0 spiro atoms. The summed E-state index contributed by atoms with van der Waals surface area (Å²) in [7, 11) is 0. The predicted molar refractivity (Wildman–Crippen MR) is 109 cm³/mol. The summed E-state index contributed by atoms with van der Waals surface area (Å²) in [5.41, 5.74) is 2.88. The first-order valence-electron chi connectivity index (χ1n) is 9.08. The van der Waals surface area contributed by atoms with Gasteiger partial charge in [0.2, 0.25) is 0 Å². The van der Waals surface area contributed by atoms with E-state index in [4.69, 9.17) is 0 Å². The number of benzene rings is 2. The second-order valence-corrected chi connectivity index (χ2v) is 6.80. The molecule has 152 valence electrons. The van der Waals surface area contributed by atoms with Crippen molar-refractivity contribution >= 4 is 28.5 Å². The summed E-state index contributed by atoms with van der Waals surface area (Å²) in [5, 5.41) is 5.83. The number of nitrogens with one attached hydrogen (secondary N) is 2. The summed E-state index contributed by atoms with van der Waals surface area (Å²) in [6.07, 6.45) is 0.809. The van der Waals surface area contributed by atoms with E-state index in [9.17, 15) is 18.0 Å². The first-order chi connectivity index (χ1) is 14.3. The summed E-state index contributed by atoms with van der Waals surface area (Å²) < 4.78 is 40.5. The summed E-state index contributed by atoms with van der Waals surface area (Å²) in [4.78, 5) is 16.7. The molecular formula is C22H17F3N4O. The maximum absolute atomic E-state index is 12.9. The fraction of sp³-hybridized carbons (Fsp3) is 0.0909. The summed E-state index contributed by atoms with van der Waals surface area (Å²) in [6.45, 7) is 1.90. The van der Waals surface area contributed by atoms with Crippen LogP contribution in [0.4, 0.5) is 30.2 Å². The molecular weight excluding hydrogens is 393 g/mol. The van der Waals surface area contributed by atoms with E-state index in [1.807, 2.05) is 29.7 Å². The van der Waals surface area contributed by atoms with Crippen LogP contribution >= 0.6 is 0 Å². The zero-order valence-corrected chi connectivity index (χ0v) is 15.9. The van der Waals surface area contributed by atoms with Crippen LogP contribution in [0.3, 0.4) is 0 Å². The maximum Gasteiger partial charge on any atom is 0.416 e. The highest BCUT2D eigenvalue weighted by Crippen LogP contribution is 2.31. The molecule has 2 aromatic carbocycles. The molecule has 0 aliphatic heterocycles. The number of hydrogen-bond donors (Lipinski definition) is 2. The van der Waals surface area contributed by atoms with Gasteiger partial charge in [-0.25, -0.2) is 4.98 Å². The van der Waals surface area contributed by atoms with Gasteiger partial charge in [-0.05, 0) is 55.0 Å². The number of anilines is 3. The molecule has 0 fully saturated rings. The van der Waals surface area contributed by atoms with Crippen LogP contribution in [-0.4, -0.2) is 15.3 Å². The number of carbonyl (C=O) groups is 1. The number of aryl methyl sites for hydroxylation is 1. The van der Waals surface area contributed by atoms with Gasteiger partial charge in [0, 0.05) is 23.1 Å². The topological polar surface area (TPSA) is 58.4 Å². The van der Waals surface area contributed by atoms with Crippen LogP contribution < -0.4 is 10.6 Å². The Bertz CT molecular complexity index is 1230. The zero-order chi connectivity index (χ0) is 21.3. The van der Waals surface area contributed by atoms with Gasteiger partial charge >= 0.3 is 6.18 Å². The van der Waals surface area contributed by atoms with Crippen molar-refractivity contribution in [3.05, 3.63) is 90.0 Å². The van der Waals surface area contributed by atoms with E-state index >= 15 is 0 Å². The molecule has 0 aliphatic carbocycles. The molecule has 5 nitrogen and oxygen atoms in total. The van der Waals surface area contributed by atoms with Gasteiger partial charge in [0.25, 0.3) is 5.91 Å². The van der Waals surface area contributed by atoms with Gasteiger partial charge in [0.15, 0.2) is 0 Å². The Balaban J connectivity index is 1.59. The summed E-state index contributed by atoms with van der Waals surface area (Å²) >= 11 is 0. The van der Waals surface area contributed by atoms with Gasteiger partial charge in [-0.15, -0.1) is 0 Å². The molecule has 4 aromatic rings. The molecule has 0 unspecified atom stereocenters. The van der Waals surface area contributed by atoms with Crippen LogP contribution in [0, 0.1) is 6.92 Å². The van der Waals surface area contributed by atoms with Crippen LogP contribution in [0.1, 0.15) is 21.5 Å². The minimum atomic E-state index is -4.48. The lowest BCUT2D eigenvalue weighted by atomic mass is 10.1. The number of aromatic nitrogens is 2. The minimum absolute atomic E-state index is 0.0777. The normalized spacial score (nSPS) is 11.5. The quantitative estimate of drug-likeness (QED) is 0.457. The Morgan fingerprint density at radius 1 is 1.03 bits per heavy atom. The fourth-order valence-electron chi connectivity index (χ4n) is 3.07. The Labute approximate surface area is 170 Å². The van der Waals surface area contributed by atoms with E-state index in [1.165, 1.54) is 12.1 Å². The number of fused-ring (bicyclic) bond motifs is 1. The van der Waals surface area contributed by atoms with E-state index in [1.54, 1.807) is 30.7 Å². The highest BCUT2D eigenvalue weighted by Gasteiger charge is 2.30. The fourth-order valence-corrected chi connectivity index (χ4v) is 3.07. The van der Waals surface area contributed by atoms with Gasteiger partial charge in [0.05, 0.1) is 29.3 Å². The molecule has 0 bridgehead atoms. The molecule has 0 saturated heterocycles. The number of alkyl halides is 3. The monoisotopic (exact) mass is 410 g/mol. The molecule has 1 amide bonds. The standard InChI is InChI=1S/C22H17F3N4O/c1-14-7-8-15(21(30)27-17-5-2-4-16(11-17)22(23,24)25)10-19(14)28-18-6-3-9-29-13-26-12-20(18)29/h2-13,28H,1H3,(H,27,30). The number of nitrogens with zero attached hydrogens (tertiary/aromatic N) is 2. The lowest BCUT2D eigenvalue weighted by Crippen LogP contribution is -2.13. The molecule has 2 heterocycles. The molecule has 4 rings (SSSR count). The third-order valence-corrected chi connectivity index (χ3v) is 4.67. The number of amides is 1. The average Bonchev–Trinajstić information content (AvgIpc) is 3.19. The van der Waals surface area contributed by atoms with Crippen LogP contribution in [0.25, 0.3) is 5.52 Å². The Kier molecular flexibility index (Phi) is 4.91. The zero-order valence-electron chi connectivity index (χ0n) is 15.9. The first kappa shape index (κ1) is 19.5. The Hall–Kier alpha value is -3.81. The molecule has 0 radical (unpaired) electrons. The van der Waals surface area contributed by atoms with Crippen molar-refractivity contribution in [2.24, 2.45) is 0 Å². The third-order valence-electron chi connectivity index (χ3n) is 4.67. The minimum Gasteiger partial charge on any atom is -0.354 e. The Morgan fingerprint density at radius 3 is 2.67 bits per heavy atom. The van der Waals surface area contributed by atoms with E-state index in [2.05, 4.69) is 15.6 Å². The smallest absolute Gasteiger partial charge is 0.354 e. The number of rotatable bonds is 4. The second kappa shape index (κ2) is 7.55. The van der Waals surface area contributed by atoms with Crippen LogP contribution in [0.2, 0.25) is 0 Å². The number of hydrogen-bond acceptors (Lipinski definition) is 3. The largest absolute Gasteiger partial charge is 0.416 e. The van der Waals surface area contributed by atoms with Crippen molar-refractivity contribution in [3.63, 3.8) is 0 Å². The molecule has 2 N–H and O–H groups in total. The van der Waals surface area contributed by atoms with Gasteiger partial charge in [-0.3, -0.25) is 4.79 Å². The van der Waals surface area contributed by atoms with Gasteiger partial charge in [-0.1, -0.05) is 12.1 Å². The van der Waals surface area contributed by atoms with Gasteiger partial charge < -0.3 is 15.0 Å². The van der Waals surface area contributed by atoms with Gasteiger partial charge in [-0.2, -0.15) is 13.2 Å². The van der Waals surface area contributed by atoms with Crippen molar-refractivity contribution < 1.29 is 18.0 Å². The van der Waals surface area contributed by atoms with Crippen molar-refractivity contribution in [2.75, 3.05) is 10.6 Å². The van der Waals surface area contributed by atoms with Crippen LogP contribution in [0.15, 0.2) is 73.3 Å². The molecule has 0 aliphatic rings. The van der Waals surface area contributed by atoms with Crippen LogP contribution in [0.5, 0.6) is 0 Å². The molecule has 8 heteroatoms. The first-order valence-corrected chi connectivity index (χ1v) is 9.08. The lowest BCUT2D eigenvalue weighted by Gasteiger charge is -2.13.